The first-order valence-electron chi connectivity index (χ1n) is 4.43. The van der Waals surface area contributed by atoms with Crippen LogP contribution in [0.5, 0.6) is 0 Å². The van der Waals surface area contributed by atoms with E-state index in [2.05, 4.69) is 15.6 Å². The zero-order valence-electron chi connectivity index (χ0n) is 7.32. The summed E-state index contributed by atoms with van der Waals surface area (Å²) in [6.45, 7) is 1.03. The smallest absolute Gasteiger partial charge is 0.0839 e. The molecule has 2 rings (SSSR count). The summed E-state index contributed by atoms with van der Waals surface area (Å²) in [6, 6.07) is 0.793. The normalized spacial score (nSPS) is 16.8. The maximum atomic E-state index is 4.01. The van der Waals surface area contributed by atoms with Crippen LogP contribution in [0.2, 0.25) is 0 Å². The van der Waals surface area contributed by atoms with E-state index < -0.39 is 0 Å². The van der Waals surface area contributed by atoms with Crippen LogP contribution in [-0.2, 0) is 13.5 Å². The fraction of sp³-hybridized carbons (Fsp3) is 0.750. The SMILES string of the molecule is Cn1cc(CCNC2CC2)nn1. The fourth-order valence-electron chi connectivity index (χ4n) is 1.20. The van der Waals surface area contributed by atoms with E-state index in [-0.39, 0.29) is 0 Å². The highest BCUT2D eigenvalue weighted by molar-refractivity contribution is 4.93. The van der Waals surface area contributed by atoms with Gasteiger partial charge in [0.2, 0.25) is 0 Å². The van der Waals surface area contributed by atoms with Gasteiger partial charge >= 0.3 is 0 Å². The van der Waals surface area contributed by atoms with Crippen LogP contribution in [0.1, 0.15) is 18.5 Å². The second-order valence-electron chi connectivity index (χ2n) is 3.36. The van der Waals surface area contributed by atoms with Gasteiger partial charge in [0.25, 0.3) is 0 Å². The molecule has 1 fully saturated rings. The van der Waals surface area contributed by atoms with Crippen LogP contribution >= 0.6 is 0 Å². The van der Waals surface area contributed by atoms with Gasteiger partial charge in [0.15, 0.2) is 0 Å². The van der Waals surface area contributed by atoms with Crippen LogP contribution in [0.4, 0.5) is 0 Å². The Hall–Kier alpha value is -0.900. The molecule has 0 amide bonds. The van der Waals surface area contributed by atoms with Crippen LogP contribution < -0.4 is 5.32 Å². The van der Waals surface area contributed by atoms with Gasteiger partial charge < -0.3 is 5.32 Å². The highest BCUT2D eigenvalue weighted by atomic mass is 15.4. The van der Waals surface area contributed by atoms with Crippen LogP contribution in [0.25, 0.3) is 0 Å². The molecule has 0 radical (unpaired) electrons. The minimum absolute atomic E-state index is 0.793. The molecule has 4 heteroatoms. The van der Waals surface area contributed by atoms with Crippen LogP contribution in [0.3, 0.4) is 0 Å². The van der Waals surface area contributed by atoms with Gasteiger partial charge in [0.05, 0.1) is 5.69 Å². The van der Waals surface area contributed by atoms with E-state index in [1.54, 1.807) is 4.68 Å². The summed E-state index contributed by atoms with van der Waals surface area (Å²) in [4.78, 5) is 0. The zero-order chi connectivity index (χ0) is 8.39. The van der Waals surface area contributed by atoms with Crippen LogP contribution in [0, 0.1) is 0 Å². The van der Waals surface area contributed by atoms with Crippen molar-refractivity contribution >= 4 is 0 Å². The van der Waals surface area contributed by atoms with Crippen molar-refractivity contribution in [2.75, 3.05) is 6.54 Å². The summed E-state index contributed by atoms with van der Waals surface area (Å²) in [7, 11) is 1.89. The number of rotatable bonds is 4. The highest BCUT2D eigenvalue weighted by Gasteiger charge is 2.19. The average Bonchev–Trinajstić information content (AvgIpc) is 2.76. The van der Waals surface area contributed by atoms with Gasteiger partial charge in [-0.25, -0.2) is 0 Å². The minimum atomic E-state index is 0.793. The molecule has 1 N–H and O–H groups in total. The lowest BCUT2D eigenvalue weighted by Crippen LogP contribution is -2.19. The number of hydrogen-bond acceptors (Lipinski definition) is 3. The Labute approximate surface area is 72.0 Å². The Balaban J connectivity index is 1.71. The Bertz CT molecular complexity index is 251. The molecule has 0 spiro atoms. The van der Waals surface area contributed by atoms with E-state index >= 15 is 0 Å². The zero-order valence-corrected chi connectivity index (χ0v) is 7.32. The molecule has 1 aliphatic rings. The molecule has 12 heavy (non-hydrogen) atoms. The molecule has 0 saturated heterocycles. The minimum Gasteiger partial charge on any atom is -0.314 e. The molecule has 0 aliphatic heterocycles. The van der Waals surface area contributed by atoms with E-state index in [0.29, 0.717) is 0 Å². The summed E-state index contributed by atoms with van der Waals surface area (Å²) in [5, 5.41) is 11.3. The Morgan fingerprint density at radius 1 is 1.67 bits per heavy atom. The second kappa shape index (κ2) is 3.23. The van der Waals surface area contributed by atoms with E-state index in [4.69, 9.17) is 0 Å². The number of nitrogens with one attached hydrogen (secondary N) is 1. The molecule has 0 bridgehead atoms. The Morgan fingerprint density at radius 2 is 2.50 bits per heavy atom. The monoisotopic (exact) mass is 166 g/mol. The van der Waals surface area contributed by atoms with Crippen molar-refractivity contribution < 1.29 is 0 Å². The maximum Gasteiger partial charge on any atom is 0.0839 e. The summed E-state index contributed by atoms with van der Waals surface area (Å²) in [6.07, 6.45) is 5.65. The van der Waals surface area contributed by atoms with E-state index in [0.717, 1.165) is 24.7 Å². The molecule has 0 unspecified atom stereocenters. The van der Waals surface area contributed by atoms with E-state index in [9.17, 15) is 0 Å². The van der Waals surface area contributed by atoms with Gasteiger partial charge in [0.1, 0.15) is 0 Å². The van der Waals surface area contributed by atoms with Gasteiger partial charge in [-0.2, -0.15) is 0 Å². The lowest BCUT2D eigenvalue weighted by molar-refractivity contribution is 0.672. The Kier molecular flexibility index (Phi) is 2.08. The highest BCUT2D eigenvalue weighted by Crippen LogP contribution is 2.18. The molecular weight excluding hydrogens is 152 g/mol. The summed E-state index contributed by atoms with van der Waals surface area (Å²) >= 11 is 0. The molecule has 0 atom stereocenters. The molecular formula is C8H14N4. The number of aromatic nitrogens is 3. The van der Waals surface area contributed by atoms with Crippen LogP contribution in [-0.4, -0.2) is 27.6 Å². The third-order valence-electron chi connectivity index (χ3n) is 2.04. The van der Waals surface area contributed by atoms with Gasteiger partial charge in [-0.15, -0.1) is 5.10 Å². The topological polar surface area (TPSA) is 42.7 Å². The first-order valence-corrected chi connectivity index (χ1v) is 4.43. The Morgan fingerprint density at radius 3 is 3.08 bits per heavy atom. The third kappa shape index (κ3) is 2.04. The number of nitrogens with zero attached hydrogens (tertiary/aromatic N) is 3. The molecule has 1 aromatic rings. The van der Waals surface area contributed by atoms with Crippen molar-refractivity contribution in [1.29, 1.82) is 0 Å². The molecule has 1 aromatic heterocycles. The first-order chi connectivity index (χ1) is 5.84. The molecule has 66 valence electrons. The molecule has 4 nitrogen and oxygen atoms in total. The average molecular weight is 166 g/mol. The van der Waals surface area contributed by atoms with Crippen molar-refractivity contribution in [3.05, 3.63) is 11.9 Å². The van der Waals surface area contributed by atoms with Crippen LogP contribution in [0.15, 0.2) is 6.20 Å². The standard InChI is InChI=1S/C8H14N4/c1-12-6-8(10-11-12)4-5-9-7-2-3-7/h6-7,9H,2-5H2,1H3. The van der Waals surface area contributed by atoms with E-state index in [1.807, 2.05) is 13.2 Å². The van der Waals surface area contributed by atoms with Crippen molar-refractivity contribution in [2.24, 2.45) is 7.05 Å². The summed E-state index contributed by atoms with van der Waals surface area (Å²) in [5.41, 5.74) is 1.07. The van der Waals surface area contributed by atoms with Gasteiger partial charge in [0, 0.05) is 32.3 Å². The summed E-state index contributed by atoms with van der Waals surface area (Å²) < 4.78 is 1.74. The van der Waals surface area contributed by atoms with Crippen molar-refractivity contribution in [2.45, 2.75) is 25.3 Å². The van der Waals surface area contributed by atoms with E-state index in [1.165, 1.54) is 12.8 Å². The lowest BCUT2D eigenvalue weighted by atomic mass is 10.3. The van der Waals surface area contributed by atoms with Crippen molar-refractivity contribution in [1.82, 2.24) is 20.3 Å². The molecule has 1 saturated carbocycles. The quantitative estimate of drug-likeness (QED) is 0.690. The van der Waals surface area contributed by atoms with Crippen molar-refractivity contribution in [3.63, 3.8) is 0 Å². The van der Waals surface area contributed by atoms with Crippen molar-refractivity contribution in [3.8, 4) is 0 Å². The first kappa shape index (κ1) is 7.73. The second-order valence-corrected chi connectivity index (χ2v) is 3.36. The molecule has 1 heterocycles. The fourth-order valence-corrected chi connectivity index (χ4v) is 1.20. The molecule has 1 aliphatic carbocycles. The van der Waals surface area contributed by atoms with Gasteiger partial charge in [-0.05, 0) is 12.8 Å². The molecule has 0 aromatic carbocycles. The predicted molar refractivity (Wildman–Crippen MR) is 45.7 cm³/mol. The lowest BCUT2D eigenvalue weighted by Gasteiger charge is -1.97. The predicted octanol–water partition coefficient (Wildman–Crippen LogP) is 0.110. The third-order valence-corrected chi connectivity index (χ3v) is 2.04. The largest absolute Gasteiger partial charge is 0.314 e. The van der Waals surface area contributed by atoms with Gasteiger partial charge in [-0.1, -0.05) is 5.21 Å². The number of aryl methyl sites for hydroxylation is 1. The van der Waals surface area contributed by atoms with Gasteiger partial charge in [-0.3, -0.25) is 4.68 Å². The number of hydrogen-bond donors (Lipinski definition) is 1. The maximum absolute atomic E-state index is 4.01. The summed E-state index contributed by atoms with van der Waals surface area (Å²) in [5.74, 6) is 0.